The zero-order valence-electron chi connectivity index (χ0n) is 7.29. The van der Waals surface area contributed by atoms with Crippen LogP contribution in [-0.4, -0.2) is 24.0 Å². The van der Waals surface area contributed by atoms with E-state index < -0.39 is 0 Å². The number of furan rings is 1. The van der Waals surface area contributed by atoms with Gasteiger partial charge in [0, 0.05) is 19.1 Å². The van der Waals surface area contributed by atoms with Gasteiger partial charge in [-0.2, -0.15) is 0 Å². The van der Waals surface area contributed by atoms with Gasteiger partial charge in [0.1, 0.15) is 11.5 Å². The summed E-state index contributed by atoms with van der Waals surface area (Å²) in [7, 11) is 0. The predicted molar refractivity (Wildman–Crippen MR) is 46.7 cm³/mol. The first-order valence-corrected chi connectivity index (χ1v) is 4.27. The lowest BCUT2D eigenvalue weighted by molar-refractivity contribution is 0.131. The van der Waals surface area contributed by atoms with Gasteiger partial charge in [-0.15, -0.1) is 0 Å². The van der Waals surface area contributed by atoms with Gasteiger partial charge < -0.3 is 10.2 Å². The van der Waals surface area contributed by atoms with Gasteiger partial charge in [-0.3, -0.25) is 4.90 Å². The Bertz CT molecular complexity index is 263. The summed E-state index contributed by atoms with van der Waals surface area (Å²) in [6, 6.07) is 4.40. The molecule has 1 aromatic heterocycles. The van der Waals surface area contributed by atoms with Crippen molar-refractivity contribution in [3.63, 3.8) is 0 Å². The van der Waals surface area contributed by atoms with Crippen molar-refractivity contribution in [1.29, 1.82) is 0 Å². The van der Waals surface area contributed by atoms with Gasteiger partial charge in [0.05, 0.1) is 6.54 Å². The van der Waals surface area contributed by atoms with Crippen molar-refractivity contribution >= 4 is 0 Å². The first-order chi connectivity index (χ1) is 5.74. The molecule has 2 N–H and O–H groups in total. The number of nitrogens with zero attached hydrogens (tertiary/aromatic N) is 1. The minimum atomic E-state index is 0.376. The van der Waals surface area contributed by atoms with Gasteiger partial charge in [-0.05, 0) is 19.1 Å². The van der Waals surface area contributed by atoms with Crippen LogP contribution in [0.5, 0.6) is 0 Å². The van der Waals surface area contributed by atoms with Gasteiger partial charge in [0.15, 0.2) is 0 Å². The lowest BCUT2D eigenvalue weighted by Crippen LogP contribution is -2.54. The predicted octanol–water partition coefficient (Wildman–Crippen LogP) is 0.731. The molecule has 12 heavy (non-hydrogen) atoms. The molecule has 1 aliphatic heterocycles. The molecular formula is C9H14N2O. The van der Waals surface area contributed by atoms with Gasteiger partial charge in [-0.1, -0.05) is 0 Å². The van der Waals surface area contributed by atoms with E-state index in [-0.39, 0.29) is 0 Å². The molecule has 1 aromatic rings. The van der Waals surface area contributed by atoms with E-state index in [0.717, 1.165) is 31.2 Å². The van der Waals surface area contributed by atoms with E-state index in [1.807, 2.05) is 19.1 Å². The average Bonchev–Trinajstić information content (AvgIpc) is 2.33. The lowest BCUT2D eigenvalue weighted by atomic mass is 10.1. The van der Waals surface area contributed by atoms with E-state index in [1.165, 1.54) is 0 Å². The molecule has 3 nitrogen and oxygen atoms in total. The number of nitrogens with two attached hydrogens (primary N) is 1. The van der Waals surface area contributed by atoms with Crippen molar-refractivity contribution in [1.82, 2.24) is 4.90 Å². The van der Waals surface area contributed by atoms with Crippen LogP contribution in [0.3, 0.4) is 0 Å². The fraction of sp³-hybridized carbons (Fsp3) is 0.556. The largest absolute Gasteiger partial charge is 0.465 e. The maximum atomic E-state index is 5.66. The Hall–Kier alpha value is -0.800. The van der Waals surface area contributed by atoms with Crippen LogP contribution >= 0.6 is 0 Å². The third-order valence-corrected chi connectivity index (χ3v) is 2.16. The number of likely N-dealkylation sites (tertiary alicyclic amines) is 1. The van der Waals surface area contributed by atoms with Gasteiger partial charge >= 0.3 is 0 Å². The normalized spacial score (nSPS) is 19.5. The highest BCUT2D eigenvalue weighted by Crippen LogP contribution is 2.13. The van der Waals surface area contributed by atoms with E-state index in [9.17, 15) is 0 Å². The smallest absolute Gasteiger partial charge is 0.118 e. The zero-order chi connectivity index (χ0) is 8.55. The van der Waals surface area contributed by atoms with Crippen LogP contribution in [0.25, 0.3) is 0 Å². The highest BCUT2D eigenvalue weighted by atomic mass is 16.3. The van der Waals surface area contributed by atoms with Crippen molar-refractivity contribution in [2.24, 2.45) is 5.73 Å². The molecule has 0 saturated carbocycles. The van der Waals surface area contributed by atoms with Crippen LogP contribution in [0.1, 0.15) is 11.5 Å². The number of hydrogen-bond donors (Lipinski definition) is 1. The van der Waals surface area contributed by atoms with Crippen molar-refractivity contribution in [3.05, 3.63) is 23.7 Å². The molecule has 66 valence electrons. The zero-order valence-corrected chi connectivity index (χ0v) is 7.29. The van der Waals surface area contributed by atoms with Gasteiger partial charge in [0.25, 0.3) is 0 Å². The molecule has 2 heterocycles. The Morgan fingerprint density at radius 2 is 2.33 bits per heavy atom. The fourth-order valence-electron chi connectivity index (χ4n) is 1.53. The van der Waals surface area contributed by atoms with Gasteiger partial charge in [-0.25, -0.2) is 0 Å². The summed E-state index contributed by atoms with van der Waals surface area (Å²) in [5.41, 5.74) is 5.66. The van der Waals surface area contributed by atoms with E-state index in [2.05, 4.69) is 4.90 Å². The average molecular weight is 166 g/mol. The second-order valence-corrected chi connectivity index (χ2v) is 3.47. The van der Waals surface area contributed by atoms with Crippen molar-refractivity contribution in [3.8, 4) is 0 Å². The fourth-order valence-corrected chi connectivity index (χ4v) is 1.53. The quantitative estimate of drug-likeness (QED) is 0.704. The molecule has 0 bridgehead atoms. The molecule has 0 amide bonds. The minimum Gasteiger partial charge on any atom is -0.465 e. The first kappa shape index (κ1) is 7.83. The Kier molecular flexibility index (Phi) is 1.90. The van der Waals surface area contributed by atoms with Crippen molar-refractivity contribution < 1.29 is 4.42 Å². The standard InChI is InChI=1S/C9H14N2O/c1-7-2-3-9(12-7)6-11-4-8(10)5-11/h2-3,8H,4-6,10H2,1H3. The molecule has 3 heteroatoms. The molecular weight excluding hydrogens is 152 g/mol. The van der Waals surface area contributed by atoms with Crippen LogP contribution in [0, 0.1) is 6.92 Å². The highest BCUT2D eigenvalue weighted by molar-refractivity contribution is 5.06. The third-order valence-electron chi connectivity index (χ3n) is 2.16. The topological polar surface area (TPSA) is 42.4 Å². The summed E-state index contributed by atoms with van der Waals surface area (Å²) in [5.74, 6) is 2.02. The van der Waals surface area contributed by atoms with E-state index in [0.29, 0.717) is 6.04 Å². The maximum absolute atomic E-state index is 5.66. The molecule has 0 unspecified atom stereocenters. The summed E-state index contributed by atoms with van der Waals surface area (Å²) >= 11 is 0. The number of hydrogen-bond acceptors (Lipinski definition) is 3. The minimum absolute atomic E-state index is 0.376. The second kappa shape index (κ2) is 2.92. The summed E-state index contributed by atoms with van der Waals surface area (Å²) in [4.78, 5) is 2.28. The summed E-state index contributed by atoms with van der Waals surface area (Å²) in [6.07, 6.45) is 0. The molecule has 1 fully saturated rings. The van der Waals surface area contributed by atoms with E-state index >= 15 is 0 Å². The Labute approximate surface area is 72.1 Å². The lowest BCUT2D eigenvalue weighted by Gasteiger charge is -2.35. The van der Waals surface area contributed by atoms with Crippen LogP contribution in [0.15, 0.2) is 16.5 Å². The molecule has 0 aliphatic carbocycles. The summed E-state index contributed by atoms with van der Waals surface area (Å²) < 4.78 is 5.44. The second-order valence-electron chi connectivity index (χ2n) is 3.47. The third kappa shape index (κ3) is 1.52. The van der Waals surface area contributed by atoms with Gasteiger partial charge in [0.2, 0.25) is 0 Å². The Morgan fingerprint density at radius 1 is 1.58 bits per heavy atom. The number of rotatable bonds is 2. The molecule has 0 aromatic carbocycles. The molecule has 0 spiro atoms. The van der Waals surface area contributed by atoms with Crippen LogP contribution in [0.2, 0.25) is 0 Å². The van der Waals surface area contributed by atoms with Crippen molar-refractivity contribution in [2.45, 2.75) is 19.5 Å². The molecule has 0 radical (unpaired) electrons. The van der Waals surface area contributed by atoms with E-state index in [1.54, 1.807) is 0 Å². The molecule has 1 saturated heterocycles. The summed E-state index contributed by atoms with van der Waals surface area (Å²) in [6.45, 7) is 4.87. The Morgan fingerprint density at radius 3 is 2.83 bits per heavy atom. The van der Waals surface area contributed by atoms with Crippen molar-refractivity contribution in [2.75, 3.05) is 13.1 Å². The maximum Gasteiger partial charge on any atom is 0.118 e. The first-order valence-electron chi connectivity index (χ1n) is 4.27. The monoisotopic (exact) mass is 166 g/mol. The summed E-state index contributed by atoms with van der Waals surface area (Å²) in [5, 5.41) is 0. The molecule has 0 atom stereocenters. The molecule has 1 aliphatic rings. The SMILES string of the molecule is Cc1ccc(CN2CC(N)C2)o1. The van der Waals surface area contributed by atoms with Crippen LogP contribution in [-0.2, 0) is 6.54 Å². The Balaban J connectivity index is 1.88. The number of aryl methyl sites for hydroxylation is 1. The van der Waals surface area contributed by atoms with E-state index in [4.69, 9.17) is 10.2 Å². The highest BCUT2D eigenvalue weighted by Gasteiger charge is 2.23. The molecule has 2 rings (SSSR count). The van der Waals surface area contributed by atoms with Crippen LogP contribution < -0.4 is 5.73 Å². The van der Waals surface area contributed by atoms with Crippen LogP contribution in [0.4, 0.5) is 0 Å².